The van der Waals surface area contributed by atoms with Crippen LogP contribution in [-0.2, 0) is 4.79 Å². The Morgan fingerprint density at radius 3 is 1.37 bits per heavy atom. The van der Waals surface area contributed by atoms with Crippen LogP contribution >= 0.6 is 0 Å². The molecule has 0 radical (unpaired) electrons. The predicted octanol–water partition coefficient (Wildman–Crippen LogP) is 3.86. The van der Waals surface area contributed by atoms with Gasteiger partial charge in [-0.05, 0) is 32.1 Å². The Morgan fingerprint density at radius 2 is 1.00 bits per heavy atom. The molecular weight excluding hydrogens is 446 g/mol. The lowest BCUT2D eigenvalue weighted by Crippen LogP contribution is -2.56. The molecule has 35 heavy (non-hydrogen) atoms. The molecule has 8 nitrogen and oxygen atoms in total. The molecule has 1 saturated heterocycles. The van der Waals surface area contributed by atoms with Gasteiger partial charge in [0, 0.05) is 26.1 Å². The number of aliphatic hydroxyl groups is 3. The second kappa shape index (κ2) is 26.0. The molecule has 1 rings (SSSR count). The fourth-order valence-corrected chi connectivity index (χ4v) is 4.18. The molecule has 0 aromatic carbocycles. The van der Waals surface area contributed by atoms with E-state index >= 15 is 0 Å². The van der Waals surface area contributed by atoms with Crippen molar-refractivity contribution in [1.29, 1.82) is 0 Å². The second-order valence-electron chi connectivity index (χ2n) is 9.51. The summed E-state index contributed by atoms with van der Waals surface area (Å²) < 4.78 is 0. The molecule has 8 heteroatoms. The SMILES string of the molecule is CCCCCCCC/C=C\CCCCCCCC(=O)O.OCCN1CN(CCO)CN(CCO)C1. The van der Waals surface area contributed by atoms with Crippen molar-refractivity contribution in [1.82, 2.24) is 14.7 Å². The Kier molecular flexibility index (Phi) is 25.3. The molecular formula is C27H55N3O5. The van der Waals surface area contributed by atoms with Crippen molar-refractivity contribution in [2.24, 2.45) is 0 Å². The van der Waals surface area contributed by atoms with Gasteiger partial charge in [-0.1, -0.05) is 70.4 Å². The molecule has 0 saturated carbocycles. The van der Waals surface area contributed by atoms with Gasteiger partial charge in [0.05, 0.1) is 39.8 Å². The van der Waals surface area contributed by atoms with Gasteiger partial charge in [0.15, 0.2) is 0 Å². The zero-order valence-electron chi connectivity index (χ0n) is 22.5. The first-order chi connectivity index (χ1) is 17.1. The van der Waals surface area contributed by atoms with Gasteiger partial charge in [-0.3, -0.25) is 19.5 Å². The van der Waals surface area contributed by atoms with E-state index in [4.69, 9.17) is 20.4 Å². The van der Waals surface area contributed by atoms with Gasteiger partial charge in [-0.15, -0.1) is 0 Å². The molecule has 0 unspecified atom stereocenters. The molecule has 0 aromatic heterocycles. The highest BCUT2D eigenvalue weighted by Crippen LogP contribution is 2.10. The smallest absolute Gasteiger partial charge is 0.303 e. The molecule has 0 aromatic rings. The Bertz CT molecular complexity index is 459. The van der Waals surface area contributed by atoms with Crippen LogP contribution in [-0.4, -0.2) is 101 Å². The van der Waals surface area contributed by atoms with E-state index in [0.29, 0.717) is 26.1 Å². The number of hydrogen-bond donors (Lipinski definition) is 4. The molecule has 1 heterocycles. The Morgan fingerprint density at radius 1 is 0.629 bits per heavy atom. The summed E-state index contributed by atoms with van der Waals surface area (Å²) in [5.74, 6) is -0.664. The lowest BCUT2D eigenvalue weighted by Gasteiger charge is -2.41. The van der Waals surface area contributed by atoms with Gasteiger partial charge in [0.25, 0.3) is 0 Å². The maximum absolute atomic E-state index is 10.3. The van der Waals surface area contributed by atoms with Crippen LogP contribution in [0.15, 0.2) is 12.2 Å². The van der Waals surface area contributed by atoms with Gasteiger partial charge < -0.3 is 20.4 Å². The molecule has 208 valence electrons. The third-order valence-electron chi connectivity index (χ3n) is 6.10. The number of carbonyl (C=O) groups is 1. The molecule has 0 aliphatic carbocycles. The molecule has 0 atom stereocenters. The number of aliphatic hydroxyl groups excluding tert-OH is 3. The number of unbranched alkanes of at least 4 members (excludes halogenated alkanes) is 11. The van der Waals surface area contributed by atoms with Crippen LogP contribution in [0.1, 0.15) is 96.8 Å². The van der Waals surface area contributed by atoms with E-state index in [1.54, 1.807) is 0 Å². The zero-order chi connectivity index (χ0) is 26.0. The quantitative estimate of drug-likeness (QED) is 0.139. The van der Waals surface area contributed by atoms with E-state index in [2.05, 4.69) is 33.8 Å². The number of β-amino-alcohol motifs (C(OH)–C–C–N with tert-alkyl or cyclic N) is 3. The summed E-state index contributed by atoms with van der Waals surface area (Å²) in [6.07, 6.45) is 21.2. The van der Waals surface area contributed by atoms with Crippen LogP contribution in [0.3, 0.4) is 0 Å². The number of carboxylic acid groups (broad SMARTS) is 1. The molecule has 0 amide bonds. The van der Waals surface area contributed by atoms with E-state index in [1.165, 1.54) is 70.6 Å². The minimum Gasteiger partial charge on any atom is -0.481 e. The summed E-state index contributed by atoms with van der Waals surface area (Å²) in [7, 11) is 0. The minimum atomic E-state index is -0.664. The number of allylic oxidation sites excluding steroid dienone is 2. The van der Waals surface area contributed by atoms with Crippen LogP contribution in [0.25, 0.3) is 0 Å². The first kappa shape index (κ1) is 34.0. The Balaban J connectivity index is 0.000000686. The first-order valence-electron chi connectivity index (χ1n) is 13.9. The lowest BCUT2D eigenvalue weighted by atomic mass is 10.1. The number of nitrogens with zero attached hydrogens (tertiary/aromatic N) is 3. The van der Waals surface area contributed by atoms with Crippen molar-refractivity contribution in [2.75, 3.05) is 59.5 Å². The van der Waals surface area contributed by atoms with Crippen molar-refractivity contribution in [3.05, 3.63) is 12.2 Å². The molecule has 0 bridgehead atoms. The highest BCUT2D eigenvalue weighted by molar-refractivity contribution is 5.66. The summed E-state index contributed by atoms with van der Waals surface area (Å²) in [6, 6.07) is 0. The average Bonchev–Trinajstić information content (AvgIpc) is 2.82. The maximum atomic E-state index is 10.3. The van der Waals surface area contributed by atoms with Crippen molar-refractivity contribution < 1.29 is 25.2 Å². The van der Waals surface area contributed by atoms with E-state index in [0.717, 1.165) is 32.8 Å². The molecule has 1 fully saturated rings. The lowest BCUT2D eigenvalue weighted by molar-refractivity contribution is -0.137. The van der Waals surface area contributed by atoms with Crippen molar-refractivity contribution in [3.8, 4) is 0 Å². The third kappa shape index (κ3) is 23.1. The predicted molar refractivity (Wildman–Crippen MR) is 143 cm³/mol. The van der Waals surface area contributed by atoms with Gasteiger partial charge in [0.1, 0.15) is 0 Å². The maximum Gasteiger partial charge on any atom is 0.303 e. The summed E-state index contributed by atoms with van der Waals surface area (Å²) in [6.45, 7) is 6.86. The van der Waals surface area contributed by atoms with Gasteiger partial charge >= 0.3 is 5.97 Å². The van der Waals surface area contributed by atoms with E-state index in [1.807, 2.05) is 0 Å². The standard InChI is InChI=1S/C18H34O2.C9H21N3O3/c1-2-3-4-5-6-7-8-9-10-11-12-13-14-15-16-17-18(19)20;13-4-1-10-7-11(2-5-14)9-12(8-10)3-6-15/h9-10H,2-8,11-17H2,1H3,(H,19,20);13-15H,1-9H2/b10-9-;. The highest BCUT2D eigenvalue weighted by atomic mass is 16.4. The van der Waals surface area contributed by atoms with Crippen LogP contribution < -0.4 is 0 Å². The van der Waals surface area contributed by atoms with Crippen molar-refractivity contribution >= 4 is 5.97 Å². The summed E-state index contributed by atoms with van der Waals surface area (Å²) >= 11 is 0. The largest absolute Gasteiger partial charge is 0.481 e. The summed E-state index contributed by atoms with van der Waals surface area (Å²) in [5.41, 5.74) is 0. The van der Waals surface area contributed by atoms with Crippen LogP contribution in [0.2, 0.25) is 0 Å². The van der Waals surface area contributed by atoms with E-state index in [9.17, 15) is 4.79 Å². The summed E-state index contributed by atoms with van der Waals surface area (Å²) in [4.78, 5) is 16.6. The monoisotopic (exact) mass is 501 g/mol. The molecule has 0 spiro atoms. The Hall–Kier alpha value is -1.03. The highest BCUT2D eigenvalue weighted by Gasteiger charge is 2.21. The van der Waals surface area contributed by atoms with E-state index in [-0.39, 0.29) is 19.8 Å². The van der Waals surface area contributed by atoms with Crippen molar-refractivity contribution in [2.45, 2.75) is 96.8 Å². The number of aliphatic carboxylic acids is 1. The third-order valence-corrected chi connectivity index (χ3v) is 6.10. The topological polar surface area (TPSA) is 108 Å². The zero-order valence-corrected chi connectivity index (χ0v) is 22.5. The average molecular weight is 502 g/mol. The number of carboxylic acids is 1. The van der Waals surface area contributed by atoms with E-state index < -0.39 is 5.97 Å². The minimum absolute atomic E-state index is 0.139. The van der Waals surface area contributed by atoms with Crippen LogP contribution in [0, 0.1) is 0 Å². The fourth-order valence-electron chi connectivity index (χ4n) is 4.18. The first-order valence-corrected chi connectivity index (χ1v) is 13.9. The van der Waals surface area contributed by atoms with Crippen LogP contribution in [0.4, 0.5) is 0 Å². The number of hydrogen-bond acceptors (Lipinski definition) is 7. The molecule has 1 aliphatic heterocycles. The van der Waals surface area contributed by atoms with Gasteiger partial charge in [-0.25, -0.2) is 0 Å². The Labute approximate surface area is 214 Å². The van der Waals surface area contributed by atoms with Gasteiger partial charge in [0.2, 0.25) is 0 Å². The molecule has 4 N–H and O–H groups in total. The van der Waals surface area contributed by atoms with Crippen molar-refractivity contribution in [3.63, 3.8) is 0 Å². The van der Waals surface area contributed by atoms with Gasteiger partial charge in [-0.2, -0.15) is 0 Å². The fraction of sp³-hybridized carbons (Fsp3) is 0.889. The summed E-state index contributed by atoms with van der Waals surface area (Å²) in [5, 5.41) is 35.1. The number of rotatable bonds is 21. The molecule has 1 aliphatic rings. The second-order valence-corrected chi connectivity index (χ2v) is 9.51. The van der Waals surface area contributed by atoms with Crippen LogP contribution in [0.5, 0.6) is 0 Å². The normalized spacial score (nSPS) is 15.4.